The maximum Gasteiger partial charge on any atom is 0.409 e. The second kappa shape index (κ2) is 8.63. The van der Waals surface area contributed by atoms with Crippen LogP contribution < -0.4 is 9.47 Å². The Labute approximate surface area is 149 Å². The van der Waals surface area contributed by atoms with Crippen LogP contribution in [0.15, 0.2) is 39.6 Å². The van der Waals surface area contributed by atoms with Crippen molar-refractivity contribution in [3.63, 3.8) is 0 Å². The van der Waals surface area contributed by atoms with Crippen molar-refractivity contribution in [2.75, 3.05) is 27.9 Å². The van der Waals surface area contributed by atoms with E-state index in [-0.39, 0.29) is 6.61 Å². The van der Waals surface area contributed by atoms with Gasteiger partial charge in [0.05, 0.1) is 38.1 Å². The molecule has 1 heterocycles. The number of amides is 1. The van der Waals surface area contributed by atoms with E-state index < -0.39 is 6.09 Å². The van der Waals surface area contributed by atoms with Crippen LogP contribution in [0.5, 0.6) is 11.5 Å². The van der Waals surface area contributed by atoms with E-state index in [1.807, 2.05) is 12.1 Å². The average molecular weight is 398 g/mol. The monoisotopic (exact) mass is 397 g/mol. The first kappa shape index (κ1) is 18.2. The third-order valence-corrected chi connectivity index (χ3v) is 4.20. The zero-order valence-electron chi connectivity index (χ0n) is 13.9. The molecular weight excluding hydrogens is 378 g/mol. The van der Waals surface area contributed by atoms with Crippen LogP contribution in [-0.4, -0.2) is 38.9 Å². The predicted molar refractivity (Wildman–Crippen MR) is 92.5 cm³/mol. The molecule has 7 heteroatoms. The summed E-state index contributed by atoms with van der Waals surface area (Å²) in [7, 11) is 4.88. The van der Waals surface area contributed by atoms with Gasteiger partial charge in [0.15, 0.2) is 0 Å². The van der Waals surface area contributed by atoms with Crippen LogP contribution in [0.2, 0.25) is 0 Å². The molecule has 0 unspecified atom stereocenters. The standard InChI is InChI=1S/C17H20BrNO5/c1-19(9-13-10-23-11-15(13)18)17(20)24-7-6-12-4-5-14(21-2)8-16(12)22-3/h4-5,8,10-11H,6-7,9H2,1-3H3. The molecule has 1 amide bonds. The highest BCUT2D eigenvalue weighted by Gasteiger charge is 2.14. The van der Waals surface area contributed by atoms with Gasteiger partial charge in [-0.2, -0.15) is 0 Å². The molecule has 0 aliphatic heterocycles. The normalized spacial score (nSPS) is 10.3. The molecule has 0 fully saturated rings. The van der Waals surface area contributed by atoms with Gasteiger partial charge in [0.2, 0.25) is 0 Å². The van der Waals surface area contributed by atoms with Crippen molar-refractivity contribution in [1.82, 2.24) is 4.90 Å². The van der Waals surface area contributed by atoms with E-state index in [1.165, 1.54) is 4.90 Å². The van der Waals surface area contributed by atoms with Gasteiger partial charge in [-0.05, 0) is 27.6 Å². The summed E-state index contributed by atoms with van der Waals surface area (Å²) in [5, 5.41) is 0. The minimum Gasteiger partial charge on any atom is -0.497 e. The van der Waals surface area contributed by atoms with Crippen molar-refractivity contribution >= 4 is 22.0 Å². The number of carbonyl (C=O) groups is 1. The van der Waals surface area contributed by atoms with Crippen LogP contribution in [0, 0.1) is 0 Å². The first-order chi connectivity index (χ1) is 11.5. The van der Waals surface area contributed by atoms with E-state index >= 15 is 0 Å². The lowest BCUT2D eigenvalue weighted by Gasteiger charge is -2.17. The Balaban J connectivity index is 1.85. The Bertz CT molecular complexity index is 685. The number of halogens is 1. The van der Waals surface area contributed by atoms with E-state index in [0.717, 1.165) is 21.3 Å². The number of hydrogen-bond acceptors (Lipinski definition) is 5. The molecule has 0 radical (unpaired) electrons. The highest BCUT2D eigenvalue weighted by atomic mass is 79.9. The molecule has 1 aromatic heterocycles. The van der Waals surface area contributed by atoms with Gasteiger partial charge in [-0.3, -0.25) is 0 Å². The lowest BCUT2D eigenvalue weighted by Crippen LogP contribution is -2.27. The molecule has 0 aliphatic carbocycles. The van der Waals surface area contributed by atoms with Gasteiger partial charge in [0.1, 0.15) is 17.8 Å². The summed E-state index contributed by atoms with van der Waals surface area (Å²) in [6.45, 7) is 0.667. The van der Waals surface area contributed by atoms with Crippen molar-refractivity contribution in [1.29, 1.82) is 0 Å². The zero-order chi connectivity index (χ0) is 17.5. The molecule has 0 spiro atoms. The molecular formula is C17H20BrNO5. The Morgan fingerprint density at radius 2 is 2.00 bits per heavy atom. The van der Waals surface area contributed by atoms with E-state index in [4.69, 9.17) is 18.6 Å². The van der Waals surface area contributed by atoms with Crippen LogP contribution in [-0.2, 0) is 17.7 Å². The Hall–Kier alpha value is -2.15. The molecule has 1 aromatic carbocycles. The summed E-state index contributed by atoms with van der Waals surface area (Å²) in [5.41, 5.74) is 1.83. The lowest BCUT2D eigenvalue weighted by atomic mass is 10.1. The van der Waals surface area contributed by atoms with Crippen LogP contribution in [0.1, 0.15) is 11.1 Å². The average Bonchev–Trinajstić information content (AvgIpc) is 2.99. The third kappa shape index (κ3) is 4.67. The predicted octanol–water partition coefficient (Wildman–Crippen LogP) is 3.87. The SMILES string of the molecule is COc1ccc(CCOC(=O)N(C)Cc2cocc2Br)c(OC)c1. The molecule has 0 aliphatic rings. The summed E-state index contributed by atoms with van der Waals surface area (Å²) in [4.78, 5) is 13.5. The minimum atomic E-state index is -0.393. The number of benzene rings is 1. The molecule has 2 rings (SSSR count). The fraction of sp³-hybridized carbons (Fsp3) is 0.353. The first-order valence-electron chi connectivity index (χ1n) is 7.34. The molecule has 2 aromatic rings. The number of hydrogen-bond donors (Lipinski definition) is 0. The summed E-state index contributed by atoms with van der Waals surface area (Å²) >= 11 is 3.36. The van der Waals surface area contributed by atoms with E-state index in [0.29, 0.717) is 18.7 Å². The van der Waals surface area contributed by atoms with E-state index in [9.17, 15) is 4.79 Å². The largest absolute Gasteiger partial charge is 0.497 e. The zero-order valence-corrected chi connectivity index (χ0v) is 15.5. The molecule has 130 valence electrons. The van der Waals surface area contributed by atoms with Gasteiger partial charge in [-0.1, -0.05) is 6.07 Å². The van der Waals surface area contributed by atoms with Crippen molar-refractivity contribution in [3.8, 4) is 11.5 Å². The van der Waals surface area contributed by atoms with Gasteiger partial charge in [-0.15, -0.1) is 0 Å². The summed E-state index contributed by atoms with van der Waals surface area (Å²) < 4.78 is 21.7. The van der Waals surface area contributed by atoms with Crippen molar-refractivity contribution in [2.24, 2.45) is 0 Å². The lowest BCUT2D eigenvalue weighted by molar-refractivity contribution is 0.110. The number of carbonyl (C=O) groups excluding carboxylic acids is 1. The molecule has 0 saturated carbocycles. The van der Waals surface area contributed by atoms with Crippen molar-refractivity contribution in [3.05, 3.63) is 46.3 Å². The smallest absolute Gasteiger partial charge is 0.409 e. The highest BCUT2D eigenvalue weighted by Crippen LogP contribution is 2.25. The Morgan fingerprint density at radius 3 is 2.62 bits per heavy atom. The first-order valence-corrected chi connectivity index (χ1v) is 8.13. The molecule has 0 saturated heterocycles. The number of furan rings is 1. The molecule has 24 heavy (non-hydrogen) atoms. The van der Waals surface area contributed by atoms with Crippen molar-refractivity contribution in [2.45, 2.75) is 13.0 Å². The Morgan fingerprint density at radius 1 is 1.21 bits per heavy atom. The Kier molecular flexibility index (Phi) is 6.54. The summed E-state index contributed by atoms with van der Waals surface area (Å²) in [5.74, 6) is 1.43. The van der Waals surface area contributed by atoms with Gasteiger partial charge in [0.25, 0.3) is 0 Å². The van der Waals surface area contributed by atoms with Gasteiger partial charge >= 0.3 is 6.09 Å². The number of ether oxygens (including phenoxy) is 3. The number of methoxy groups -OCH3 is 2. The van der Waals surface area contributed by atoms with E-state index in [2.05, 4.69) is 15.9 Å². The molecule has 0 bridgehead atoms. The third-order valence-electron chi connectivity index (χ3n) is 3.50. The maximum absolute atomic E-state index is 12.0. The number of rotatable bonds is 7. The van der Waals surface area contributed by atoms with Gasteiger partial charge in [0, 0.05) is 25.1 Å². The second-order valence-corrected chi connectivity index (χ2v) is 6.00. The number of nitrogens with zero attached hydrogens (tertiary/aromatic N) is 1. The summed E-state index contributed by atoms with van der Waals surface area (Å²) in [6, 6.07) is 5.56. The fourth-order valence-corrected chi connectivity index (χ4v) is 2.48. The molecule has 6 nitrogen and oxygen atoms in total. The maximum atomic E-state index is 12.0. The van der Waals surface area contributed by atoms with Crippen LogP contribution in [0.25, 0.3) is 0 Å². The summed E-state index contributed by atoms with van der Waals surface area (Å²) in [6.07, 6.45) is 3.33. The van der Waals surface area contributed by atoms with Crippen LogP contribution in [0.4, 0.5) is 4.79 Å². The second-order valence-electron chi connectivity index (χ2n) is 5.14. The highest BCUT2D eigenvalue weighted by molar-refractivity contribution is 9.10. The minimum absolute atomic E-state index is 0.262. The van der Waals surface area contributed by atoms with Gasteiger partial charge in [-0.25, -0.2) is 4.79 Å². The van der Waals surface area contributed by atoms with E-state index in [1.54, 1.807) is 39.9 Å². The van der Waals surface area contributed by atoms with Crippen molar-refractivity contribution < 1.29 is 23.4 Å². The molecule has 0 atom stereocenters. The fourth-order valence-electron chi connectivity index (χ4n) is 2.16. The van der Waals surface area contributed by atoms with Crippen LogP contribution >= 0.6 is 15.9 Å². The molecule has 0 N–H and O–H groups in total. The van der Waals surface area contributed by atoms with Gasteiger partial charge < -0.3 is 23.5 Å². The van der Waals surface area contributed by atoms with Crippen LogP contribution in [0.3, 0.4) is 0 Å². The topological polar surface area (TPSA) is 61.1 Å². The quantitative estimate of drug-likeness (QED) is 0.709.